The van der Waals surface area contributed by atoms with Crippen LogP contribution in [-0.2, 0) is 16.1 Å². The zero-order valence-electron chi connectivity index (χ0n) is 26.7. The van der Waals surface area contributed by atoms with Crippen LogP contribution in [0.1, 0.15) is 83.1 Å². The Morgan fingerprint density at radius 1 is 0.933 bits per heavy atom. The number of amides is 1. The summed E-state index contributed by atoms with van der Waals surface area (Å²) in [6.45, 7) is 5.88. The molecule has 2 aromatic carbocycles. The fourth-order valence-corrected chi connectivity index (χ4v) is 7.19. The van der Waals surface area contributed by atoms with Crippen molar-refractivity contribution < 1.29 is 28.2 Å². The molecule has 2 aromatic rings. The van der Waals surface area contributed by atoms with E-state index in [0.29, 0.717) is 18.5 Å². The van der Waals surface area contributed by atoms with Crippen LogP contribution in [0, 0.1) is 23.5 Å². The van der Waals surface area contributed by atoms with Crippen molar-refractivity contribution in [3.8, 4) is 0 Å². The minimum absolute atomic E-state index is 0.151. The number of carbonyl (C=O) groups is 2. The molecule has 7 nitrogen and oxygen atoms in total. The summed E-state index contributed by atoms with van der Waals surface area (Å²) in [5.74, 6) is -0.296. The number of hydrogen-bond acceptors (Lipinski definition) is 5. The molecule has 0 radical (unpaired) electrons. The molecule has 0 aromatic heterocycles. The van der Waals surface area contributed by atoms with Gasteiger partial charge in [0.2, 0.25) is 0 Å². The van der Waals surface area contributed by atoms with E-state index in [1.165, 1.54) is 30.7 Å². The number of nitrogens with zero attached hydrogens (tertiary/aromatic N) is 2. The summed E-state index contributed by atoms with van der Waals surface area (Å²) in [7, 11) is 0. The van der Waals surface area contributed by atoms with E-state index in [4.69, 9.17) is 4.74 Å². The van der Waals surface area contributed by atoms with Crippen molar-refractivity contribution in [3.05, 3.63) is 71.8 Å². The molecule has 1 heterocycles. The predicted molar refractivity (Wildman–Crippen MR) is 172 cm³/mol. The number of carboxylic acids is 1. The third-order valence-electron chi connectivity index (χ3n) is 9.57. The minimum Gasteiger partial charge on any atom is -0.480 e. The molecule has 5 rings (SSSR count). The molecule has 3 atom stereocenters. The molecular weight excluding hydrogens is 576 g/mol. The average Bonchev–Trinajstić information content (AvgIpc) is 3.50. The third-order valence-corrected chi connectivity index (χ3v) is 9.57. The number of piperidine rings is 1. The lowest BCUT2D eigenvalue weighted by Crippen LogP contribution is -2.49. The molecular formula is C36H51F2N3O4. The summed E-state index contributed by atoms with van der Waals surface area (Å²) < 4.78 is 30.6. The van der Waals surface area contributed by atoms with Gasteiger partial charge >= 0.3 is 12.1 Å². The normalized spacial score (nSPS) is 21.8. The second kappa shape index (κ2) is 18.2. The first-order chi connectivity index (χ1) is 21.8. The maximum absolute atomic E-state index is 13.1. The highest BCUT2D eigenvalue weighted by Crippen LogP contribution is 2.31. The number of carbonyl (C=O) groups excluding carboxylic acids is 1. The summed E-state index contributed by atoms with van der Waals surface area (Å²) in [6, 6.07) is 14.1. The lowest BCUT2D eigenvalue weighted by molar-refractivity contribution is -0.141. The van der Waals surface area contributed by atoms with E-state index in [9.17, 15) is 23.5 Å². The Labute approximate surface area is 267 Å². The van der Waals surface area contributed by atoms with Gasteiger partial charge in [0, 0.05) is 38.3 Å². The Balaban J connectivity index is 0.000000580. The number of aliphatic carboxylic acids is 1. The van der Waals surface area contributed by atoms with Crippen LogP contribution < -0.4 is 5.32 Å². The summed E-state index contributed by atoms with van der Waals surface area (Å²) in [4.78, 5) is 29.3. The van der Waals surface area contributed by atoms with Gasteiger partial charge in [0.05, 0.1) is 0 Å². The minimum atomic E-state index is -0.685. The molecule has 2 N–H and O–H groups in total. The Kier molecular flexibility index (Phi) is 14.1. The number of carboxylic acid groups (broad SMARTS) is 1. The summed E-state index contributed by atoms with van der Waals surface area (Å²) in [6.07, 6.45) is 11.3. The quantitative estimate of drug-likeness (QED) is 0.273. The molecule has 1 aliphatic heterocycles. The number of benzene rings is 2. The van der Waals surface area contributed by atoms with Crippen molar-refractivity contribution in [1.82, 2.24) is 15.1 Å². The highest BCUT2D eigenvalue weighted by molar-refractivity contribution is 5.74. The number of halogens is 2. The lowest BCUT2D eigenvalue weighted by atomic mass is 9.83. The molecule has 1 amide bonds. The van der Waals surface area contributed by atoms with Crippen LogP contribution in [0.4, 0.5) is 13.6 Å². The van der Waals surface area contributed by atoms with Crippen molar-refractivity contribution in [3.63, 3.8) is 0 Å². The van der Waals surface area contributed by atoms with Crippen molar-refractivity contribution in [2.24, 2.45) is 11.8 Å². The fourth-order valence-electron chi connectivity index (χ4n) is 7.19. The molecule has 3 unspecified atom stereocenters. The smallest absolute Gasteiger partial charge is 0.410 e. The maximum atomic E-state index is 13.1. The van der Waals surface area contributed by atoms with Crippen LogP contribution in [0.5, 0.6) is 0 Å². The molecule has 0 spiro atoms. The lowest BCUT2D eigenvalue weighted by Gasteiger charge is -2.38. The number of hydrogen-bond donors (Lipinski definition) is 2. The largest absolute Gasteiger partial charge is 0.480 e. The van der Waals surface area contributed by atoms with Gasteiger partial charge in [-0.1, -0.05) is 56.5 Å². The second-order valence-corrected chi connectivity index (χ2v) is 13.0. The van der Waals surface area contributed by atoms with Crippen LogP contribution in [0.25, 0.3) is 0 Å². The maximum Gasteiger partial charge on any atom is 0.410 e. The SMILES string of the molecule is CCCN(C(=O)OCc1ccc(F)cc1)C1CCN(CC2CCC(NC(C(=O)O)C3CCCCC3)C2)CC1.Fc1ccccc1. The van der Waals surface area contributed by atoms with Gasteiger partial charge in [-0.05, 0) is 93.0 Å². The highest BCUT2D eigenvalue weighted by Gasteiger charge is 2.35. The van der Waals surface area contributed by atoms with Gasteiger partial charge in [0.15, 0.2) is 0 Å². The molecule has 248 valence electrons. The van der Waals surface area contributed by atoms with Gasteiger partial charge in [0.1, 0.15) is 24.3 Å². The Hall–Kier alpha value is -3.04. The predicted octanol–water partition coefficient (Wildman–Crippen LogP) is 7.26. The van der Waals surface area contributed by atoms with E-state index >= 15 is 0 Å². The van der Waals surface area contributed by atoms with Crippen molar-refractivity contribution in [2.45, 2.75) is 102 Å². The van der Waals surface area contributed by atoms with Gasteiger partial charge in [0.25, 0.3) is 0 Å². The van der Waals surface area contributed by atoms with Crippen LogP contribution >= 0.6 is 0 Å². The van der Waals surface area contributed by atoms with E-state index in [0.717, 1.165) is 89.4 Å². The summed E-state index contributed by atoms with van der Waals surface area (Å²) in [5, 5.41) is 13.4. The van der Waals surface area contributed by atoms with Crippen molar-refractivity contribution in [1.29, 1.82) is 0 Å². The van der Waals surface area contributed by atoms with Crippen LogP contribution in [0.2, 0.25) is 0 Å². The Morgan fingerprint density at radius 3 is 2.20 bits per heavy atom. The van der Waals surface area contributed by atoms with Gasteiger partial charge in [-0.2, -0.15) is 0 Å². The van der Waals surface area contributed by atoms with Crippen molar-refractivity contribution in [2.75, 3.05) is 26.2 Å². The van der Waals surface area contributed by atoms with Gasteiger partial charge in [-0.25, -0.2) is 13.6 Å². The van der Waals surface area contributed by atoms with E-state index in [2.05, 4.69) is 17.1 Å². The standard InChI is InChI=1S/C30H46FN3O4.C6H5F/c1-2-16-34(30(37)38-21-22-8-11-25(31)12-9-22)27-14-17-33(18-15-27)20-23-10-13-26(19-23)32-28(29(35)36)24-6-4-3-5-7-24;7-6-4-2-1-3-5-6/h8-9,11-12,23-24,26-28,32H,2-7,10,13-21H2,1H3,(H,35,36);1-5H. The number of nitrogens with one attached hydrogen (secondary N) is 1. The first-order valence-electron chi connectivity index (χ1n) is 16.9. The highest BCUT2D eigenvalue weighted by atomic mass is 19.1. The van der Waals surface area contributed by atoms with Crippen LogP contribution in [0.15, 0.2) is 54.6 Å². The molecule has 3 aliphatic rings. The monoisotopic (exact) mass is 627 g/mol. The zero-order valence-corrected chi connectivity index (χ0v) is 26.7. The van der Waals surface area contributed by atoms with E-state index in [1.807, 2.05) is 4.90 Å². The fraction of sp³-hybridized carbons (Fsp3) is 0.611. The first kappa shape index (κ1) is 34.8. The second-order valence-electron chi connectivity index (χ2n) is 13.0. The first-order valence-corrected chi connectivity index (χ1v) is 16.9. The Bertz CT molecular complexity index is 1150. The van der Waals surface area contributed by atoms with E-state index < -0.39 is 12.0 Å². The van der Waals surface area contributed by atoms with E-state index in [-0.39, 0.29) is 36.3 Å². The number of ether oxygens (including phenoxy) is 1. The third kappa shape index (κ3) is 11.4. The molecule has 2 aliphatic carbocycles. The molecule has 9 heteroatoms. The number of rotatable bonds is 11. The number of likely N-dealkylation sites (tertiary alicyclic amines) is 1. The Morgan fingerprint density at radius 2 is 1.60 bits per heavy atom. The van der Waals surface area contributed by atoms with Gasteiger partial charge in [-0.3, -0.25) is 4.79 Å². The van der Waals surface area contributed by atoms with Gasteiger partial charge in [-0.15, -0.1) is 0 Å². The molecule has 1 saturated heterocycles. The van der Waals surface area contributed by atoms with Gasteiger partial charge < -0.3 is 25.0 Å². The molecule has 3 fully saturated rings. The van der Waals surface area contributed by atoms with E-state index in [1.54, 1.807) is 30.3 Å². The average molecular weight is 628 g/mol. The summed E-state index contributed by atoms with van der Waals surface area (Å²) in [5.41, 5.74) is 0.781. The van der Waals surface area contributed by atoms with Crippen molar-refractivity contribution >= 4 is 12.1 Å². The van der Waals surface area contributed by atoms with Crippen LogP contribution in [0.3, 0.4) is 0 Å². The molecule has 0 bridgehead atoms. The summed E-state index contributed by atoms with van der Waals surface area (Å²) >= 11 is 0. The molecule has 2 saturated carbocycles. The topological polar surface area (TPSA) is 82.1 Å². The zero-order chi connectivity index (χ0) is 32.0. The van der Waals surface area contributed by atoms with Crippen LogP contribution in [-0.4, -0.2) is 71.3 Å². The molecule has 45 heavy (non-hydrogen) atoms.